The summed E-state index contributed by atoms with van der Waals surface area (Å²) in [7, 11) is -17.4. The molecule has 0 atom stereocenters. The van der Waals surface area contributed by atoms with Crippen molar-refractivity contribution in [3.05, 3.63) is 22.0 Å². The molecule has 0 saturated carbocycles. The second-order valence-electron chi connectivity index (χ2n) is 15.9. The lowest BCUT2D eigenvalue weighted by atomic mass is 10.1. The zero-order valence-electron chi connectivity index (χ0n) is 34.9. The third kappa shape index (κ3) is 18.3. The van der Waals surface area contributed by atoms with Crippen molar-refractivity contribution in [2.45, 2.75) is 218 Å². The lowest BCUT2D eigenvalue weighted by Gasteiger charge is -2.33. The predicted molar refractivity (Wildman–Crippen MR) is 231 cm³/mol. The van der Waals surface area contributed by atoms with Gasteiger partial charge in [-0.15, -0.1) is 0 Å². The molecule has 0 fully saturated rings. The SMILES string of the molecule is CCCCCCCCCS(=O)(=O)C1=CCC(S(=O)(=O)CCCCCCCCC)(S(=O)(=O)CCCCCCCCC)C=C1S(=O)(=O)CCCCCCCCC. The van der Waals surface area contributed by atoms with E-state index in [1.54, 1.807) is 0 Å². The lowest BCUT2D eigenvalue weighted by molar-refractivity contribution is 0.546. The maximum atomic E-state index is 14.4. The van der Waals surface area contributed by atoms with E-state index in [0.717, 1.165) is 141 Å². The number of hydrogen-bond acceptors (Lipinski definition) is 8. The van der Waals surface area contributed by atoms with Crippen LogP contribution in [0.15, 0.2) is 22.0 Å². The predicted octanol–water partition coefficient (Wildman–Crippen LogP) is 11.5. The van der Waals surface area contributed by atoms with Gasteiger partial charge in [0.25, 0.3) is 0 Å². The standard InChI is InChI=1S/C42H80O8S4/c1-5-9-13-17-21-25-29-35-51(43,44)40-33-34-42(53(47,48)37-31-27-23-19-15-11-7-3,54(49,50)38-32-28-24-20-16-12-8-4)39-41(40)52(45,46)36-30-26-22-18-14-10-6-2/h33,39H,5-32,34-38H2,1-4H3. The summed E-state index contributed by atoms with van der Waals surface area (Å²) >= 11 is 0. The average molecular weight is 841 g/mol. The van der Waals surface area contributed by atoms with Gasteiger partial charge in [0.1, 0.15) is 0 Å². The molecule has 0 spiro atoms. The highest BCUT2D eigenvalue weighted by Gasteiger charge is 2.55. The summed E-state index contributed by atoms with van der Waals surface area (Å²) in [5, 5.41) is 0. The molecule has 0 aromatic carbocycles. The first kappa shape index (κ1) is 51.3. The van der Waals surface area contributed by atoms with Crippen molar-refractivity contribution < 1.29 is 33.7 Å². The van der Waals surface area contributed by atoms with E-state index in [1.165, 1.54) is 0 Å². The first-order valence-electron chi connectivity index (χ1n) is 22.0. The third-order valence-corrected chi connectivity index (χ3v) is 20.7. The molecule has 0 heterocycles. The molecule has 0 aliphatic heterocycles. The molecule has 0 unspecified atom stereocenters. The van der Waals surface area contributed by atoms with E-state index in [0.29, 0.717) is 38.5 Å². The van der Waals surface area contributed by atoms with Crippen LogP contribution in [-0.4, -0.2) is 60.8 Å². The first-order chi connectivity index (χ1) is 25.7. The molecular weight excluding hydrogens is 761 g/mol. The lowest BCUT2D eigenvalue weighted by Crippen LogP contribution is -2.49. The minimum absolute atomic E-state index is 0.264. The second kappa shape index (κ2) is 27.8. The van der Waals surface area contributed by atoms with Crippen molar-refractivity contribution in [2.75, 3.05) is 23.0 Å². The summed E-state index contributed by atoms with van der Waals surface area (Å²) < 4.78 is 111. The van der Waals surface area contributed by atoms with E-state index >= 15 is 0 Å². The smallest absolute Gasteiger partial charge is 0.196 e. The largest absolute Gasteiger partial charge is 0.227 e. The fraction of sp³-hybridized carbons (Fsp3) is 0.905. The molecule has 12 heteroatoms. The van der Waals surface area contributed by atoms with Crippen LogP contribution < -0.4 is 0 Å². The van der Waals surface area contributed by atoms with Crippen molar-refractivity contribution in [1.29, 1.82) is 0 Å². The molecule has 0 bridgehead atoms. The average Bonchev–Trinajstić information content (AvgIpc) is 3.12. The summed E-state index contributed by atoms with van der Waals surface area (Å²) in [5.41, 5.74) is 0. The van der Waals surface area contributed by atoms with Crippen LogP contribution in [0, 0.1) is 0 Å². The van der Waals surface area contributed by atoms with Gasteiger partial charge in [-0.2, -0.15) is 0 Å². The van der Waals surface area contributed by atoms with Crippen LogP contribution >= 0.6 is 0 Å². The maximum Gasteiger partial charge on any atom is 0.196 e. The van der Waals surface area contributed by atoms with E-state index in [-0.39, 0.29) is 24.3 Å². The van der Waals surface area contributed by atoms with Gasteiger partial charge < -0.3 is 0 Å². The molecular formula is C42H80O8S4. The van der Waals surface area contributed by atoms with E-state index in [4.69, 9.17) is 0 Å². The van der Waals surface area contributed by atoms with Crippen molar-refractivity contribution in [1.82, 2.24) is 0 Å². The molecule has 0 aromatic heterocycles. The Bertz CT molecular complexity index is 1460. The van der Waals surface area contributed by atoms with Crippen LogP contribution in [0.5, 0.6) is 0 Å². The Morgan fingerprint density at radius 1 is 0.370 bits per heavy atom. The summed E-state index contributed by atoms with van der Waals surface area (Å²) in [6.45, 7) is 8.51. The van der Waals surface area contributed by atoms with Gasteiger partial charge in [0.05, 0.1) is 32.8 Å². The second-order valence-corrected chi connectivity index (χ2v) is 25.0. The summed E-state index contributed by atoms with van der Waals surface area (Å²) in [4.78, 5) is -1.03. The first-order valence-corrected chi connectivity index (χ1v) is 28.6. The van der Waals surface area contributed by atoms with E-state index < -0.39 is 71.2 Å². The summed E-state index contributed by atoms with van der Waals surface area (Å²) in [5.74, 6) is -1.42. The molecule has 1 aliphatic carbocycles. The Hall–Kier alpha value is -0.720. The molecule has 0 radical (unpaired) electrons. The van der Waals surface area contributed by atoms with Crippen molar-refractivity contribution in [3.63, 3.8) is 0 Å². The van der Waals surface area contributed by atoms with Crippen LogP contribution in [0.1, 0.15) is 214 Å². The van der Waals surface area contributed by atoms with Gasteiger partial charge in [0, 0.05) is 6.42 Å². The highest BCUT2D eigenvalue weighted by molar-refractivity contribution is 8.10. The van der Waals surface area contributed by atoms with Gasteiger partial charge in [-0.05, 0) is 31.8 Å². The number of hydrogen-bond donors (Lipinski definition) is 0. The zero-order chi connectivity index (χ0) is 40.4. The van der Waals surface area contributed by atoms with E-state index in [2.05, 4.69) is 27.7 Å². The fourth-order valence-electron chi connectivity index (χ4n) is 7.38. The highest BCUT2D eigenvalue weighted by atomic mass is 32.3. The molecule has 320 valence electrons. The topological polar surface area (TPSA) is 137 Å². The number of sulfone groups is 4. The van der Waals surface area contributed by atoms with Crippen LogP contribution in [0.4, 0.5) is 0 Å². The summed E-state index contributed by atoms with van der Waals surface area (Å²) in [6.07, 6.45) is 25.6. The Morgan fingerprint density at radius 3 is 0.944 bits per heavy atom. The Labute approximate surface area is 334 Å². The van der Waals surface area contributed by atoms with Crippen molar-refractivity contribution >= 4 is 39.3 Å². The zero-order valence-corrected chi connectivity index (χ0v) is 38.2. The quantitative estimate of drug-likeness (QED) is 0.0569. The maximum absolute atomic E-state index is 14.4. The van der Waals surface area contributed by atoms with Crippen LogP contribution in [0.2, 0.25) is 0 Å². The molecule has 0 amide bonds. The van der Waals surface area contributed by atoms with Gasteiger partial charge in [0.2, 0.25) is 0 Å². The molecule has 0 aromatic rings. The van der Waals surface area contributed by atoms with Gasteiger partial charge in [-0.1, -0.05) is 188 Å². The Morgan fingerprint density at radius 2 is 0.630 bits per heavy atom. The normalized spacial score (nSPS) is 15.3. The minimum Gasteiger partial charge on any atom is -0.227 e. The van der Waals surface area contributed by atoms with E-state index in [9.17, 15) is 33.7 Å². The van der Waals surface area contributed by atoms with Crippen molar-refractivity contribution in [2.24, 2.45) is 0 Å². The van der Waals surface area contributed by atoms with Gasteiger partial charge >= 0.3 is 0 Å². The van der Waals surface area contributed by atoms with Crippen molar-refractivity contribution in [3.8, 4) is 0 Å². The number of unbranched alkanes of at least 4 members (excludes halogenated alkanes) is 24. The van der Waals surface area contributed by atoms with E-state index in [1.807, 2.05) is 0 Å². The van der Waals surface area contributed by atoms with Gasteiger partial charge in [-0.3, -0.25) is 0 Å². The number of rotatable bonds is 36. The Balaban J connectivity index is 3.55. The molecule has 54 heavy (non-hydrogen) atoms. The van der Waals surface area contributed by atoms with Gasteiger partial charge in [0.15, 0.2) is 43.4 Å². The number of allylic oxidation sites excluding steroid dienone is 1. The van der Waals surface area contributed by atoms with Crippen LogP contribution in [0.3, 0.4) is 0 Å². The molecule has 8 nitrogen and oxygen atoms in total. The molecule has 0 N–H and O–H groups in total. The molecule has 1 rings (SSSR count). The molecule has 0 saturated heterocycles. The summed E-state index contributed by atoms with van der Waals surface area (Å²) in [6, 6.07) is 0. The highest BCUT2D eigenvalue weighted by Crippen LogP contribution is 2.43. The monoisotopic (exact) mass is 840 g/mol. The van der Waals surface area contributed by atoms with Crippen LogP contribution in [0.25, 0.3) is 0 Å². The van der Waals surface area contributed by atoms with Gasteiger partial charge in [-0.25, -0.2) is 33.7 Å². The van der Waals surface area contributed by atoms with Crippen LogP contribution in [-0.2, 0) is 39.3 Å². The Kier molecular flexibility index (Phi) is 26.4. The fourth-order valence-corrected chi connectivity index (χ4v) is 16.5. The third-order valence-electron chi connectivity index (χ3n) is 11.0. The minimum atomic E-state index is -4.46. The molecule has 1 aliphatic rings.